The number of nitrogens with zero attached hydrogens (tertiary/aromatic N) is 2. The molecule has 3 rings (SSSR count). The summed E-state index contributed by atoms with van der Waals surface area (Å²) in [5.41, 5.74) is 13.4. The normalized spacial score (nSPS) is 11.3. The summed E-state index contributed by atoms with van der Waals surface area (Å²) in [6.07, 6.45) is 0. The molecule has 5 N–H and O–H groups in total. The smallest absolute Gasteiger partial charge is 0.154 e. The fraction of sp³-hybridized carbons (Fsp3) is 0. The topological polar surface area (TPSA) is 97.0 Å². The summed E-state index contributed by atoms with van der Waals surface area (Å²) in [6.45, 7) is 0. The lowest BCUT2D eigenvalue weighted by Gasteiger charge is -2.10. The minimum absolute atomic E-state index is 0.0769. The summed E-state index contributed by atoms with van der Waals surface area (Å²) in [4.78, 5) is 0.508. The molecule has 0 spiro atoms. The molecule has 110 valence electrons. The molecule has 22 heavy (non-hydrogen) atoms. The van der Waals surface area contributed by atoms with Crippen LogP contribution in [0.15, 0.2) is 63.7 Å². The van der Waals surface area contributed by atoms with Crippen LogP contribution in [-0.2, 0) is 0 Å². The van der Waals surface area contributed by atoms with Crippen molar-refractivity contribution in [2.45, 2.75) is 4.90 Å². The molecule has 3 aromatic rings. The molecule has 0 aliphatic heterocycles. The first-order valence-corrected chi connectivity index (χ1v) is 7.02. The highest BCUT2D eigenvalue weighted by atomic mass is 32.1. The van der Waals surface area contributed by atoms with Crippen molar-refractivity contribution < 1.29 is 5.11 Å². The van der Waals surface area contributed by atoms with E-state index < -0.39 is 0 Å². The molecule has 0 radical (unpaired) electrons. The van der Waals surface area contributed by atoms with Gasteiger partial charge in [-0.05, 0) is 29.7 Å². The van der Waals surface area contributed by atoms with Crippen LogP contribution in [-0.4, -0.2) is 5.11 Å². The lowest BCUT2D eigenvalue weighted by Crippen LogP contribution is -1.95. The Labute approximate surface area is 132 Å². The lowest BCUT2D eigenvalue weighted by atomic mass is 10.1. The highest BCUT2D eigenvalue weighted by molar-refractivity contribution is 7.80. The van der Waals surface area contributed by atoms with Gasteiger partial charge in [-0.1, -0.05) is 24.3 Å². The third-order valence-electron chi connectivity index (χ3n) is 3.33. The predicted octanol–water partition coefficient (Wildman–Crippen LogP) is 4.41. The SMILES string of the molecule is Nc1ccc2cc(S)c(/N=N/c3ccccc3)c(O)c2c1N. The zero-order chi connectivity index (χ0) is 15.7. The van der Waals surface area contributed by atoms with Crippen molar-refractivity contribution in [3.63, 3.8) is 0 Å². The Bertz CT molecular complexity index is 878. The van der Waals surface area contributed by atoms with Crippen molar-refractivity contribution in [3.05, 3.63) is 48.5 Å². The molecule has 0 aliphatic carbocycles. The van der Waals surface area contributed by atoms with Crippen LogP contribution in [0.4, 0.5) is 22.7 Å². The number of nitrogens with two attached hydrogens (primary N) is 2. The fourth-order valence-corrected chi connectivity index (χ4v) is 2.48. The third-order valence-corrected chi connectivity index (χ3v) is 3.67. The Morgan fingerprint density at radius 1 is 0.955 bits per heavy atom. The van der Waals surface area contributed by atoms with Gasteiger partial charge in [0.15, 0.2) is 5.75 Å². The van der Waals surface area contributed by atoms with Gasteiger partial charge in [0, 0.05) is 4.90 Å². The first kappa shape index (κ1) is 14.2. The number of rotatable bonds is 2. The summed E-state index contributed by atoms with van der Waals surface area (Å²) in [5.74, 6) is -0.0769. The molecule has 6 heteroatoms. The second-order valence-electron chi connectivity index (χ2n) is 4.80. The fourth-order valence-electron chi connectivity index (χ4n) is 2.19. The molecule has 0 unspecified atom stereocenters. The Kier molecular flexibility index (Phi) is 3.60. The second-order valence-corrected chi connectivity index (χ2v) is 5.28. The van der Waals surface area contributed by atoms with Crippen molar-refractivity contribution in [1.82, 2.24) is 0 Å². The van der Waals surface area contributed by atoms with Crippen LogP contribution in [0.5, 0.6) is 5.75 Å². The second kappa shape index (κ2) is 5.57. The van der Waals surface area contributed by atoms with E-state index in [1.807, 2.05) is 30.3 Å². The van der Waals surface area contributed by atoms with Crippen LogP contribution >= 0.6 is 12.6 Å². The molecule has 0 saturated carbocycles. The van der Waals surface area contributed by atoms with Crippen molar-refractivity contribution in [1.29, 1.82) is 0 Å². The van der Waals surface area contributed by atoms with E-state index in [0.29, 0.717) is 27.3 Å². The Morgan fingerprint density at radius 2 is 1.68 bits per heavy atom. The average molecular weight is 310 g/mol. The molecule has 3 aromatic carbocycles. The van der Waals surface area contributed by atoms with E-state index in [1.54, 1.807) is 18.2 Å². The van der Waals surface area contributed by atoms with Gasteiger partial charge in [-0.2, -0.15) is 5.11 Å². The predicted molar refractivity (Wildman–Crippen MR) is 92.3 cm³/mol. The molecule has 0 fully saturated rings. The highest BCUT2D eigenvalue weighted by Crippen LogP contribution is 2.44. The van der Waals surface area contributed by atoms with Gasteiger partial charge in [0.2, 0.25) is 0 Å². The summed E-state index contributed by atoms with van der Waals surface area (Å²) < 4.78 is 0. The maximum absolute atomic E-state index is 10.5. The van der Waals surface area contributed by atoms with Crippen LogP contribution in [0.3, 0.4) is 0 Å². The largest absolute Gasteiger partial charge is 0.505 e. The van der Waals surface area contributed by atoms with E-state index in [-0.39, 0.29) is 11.4 Å². The first-order valence-electron chi connectivity index (χ1n) is 6.57. The average Bonchev–Trinajstić information content (AvgIpc) is 2.51. The first-order chi connectivity index (χ1) is 10.6. The van der Waals surface area contributed by atoms with Gasteiger partial charge in [-0.25, -0.2) is 0 Å². The van der Waals surface area contributed by atoms with E-state index >= 15 is 0 Å². The third kappa shape index (κ3) is 2.44. The Morgan fingerprint density at radius 3 is 2.41 bits per heavy atom. The number of anilines is 2. The zero-order valence-electron chi connectivity index (χ0n) is 11.6. The molecule has 5 nitrogen and oxygen atoms in total. The van der Waals surface area contributed by atoms with Crippen LogP contribution < -0.4 is 11.5 Å². The maximum Gasteiger partial charge on any atom is 0.154 e. The molecule has 0 aliphatic rings. The van der Waals surface area contributed by atoms with Crippen LogP contribution in [0.2, 0.25) is 0 Å². The summed E-state index contributed by atoms with van der Waals surface area (Å²) >= 11 is 4.36. The van der Waals surface area contributed by atoms with Crippen LogP contribution in [0, 0.1) is 0 Å². The Hall–Kier alpha value is -2.73. The van der Waals surface area contributed by atoms with Gasteiger partial charge < -0.3 is 16.6 Å². The quantitative estimate of drug-likeness (QED) is 0.320. The van der Waals surface area contributed by atoms with Gasteiger partial charge in [-0.15, -0.1) is 17.7 Å². The number of hydrogen-bond donors (Lipinski definition) is 4. The zero-order valence-corrected chi connectivity index (χ0v) is 12.5. The lowest BCUT2D eigenvalue weighted by molar-refractivity contribution is 0.481. The molecular weight excluding hydrogens is 296 g/mol. The van der Waals surface area contributed by atoms with Crippen molar-refractivity contribution in [2.75, 3.05) is 11.5 Å². The molecular formula is C16H14N4OS. The number of hydrogen-bond acceptors (Lipinski definition) is 6. The standard InChI is InChI=1S/C16H14N4OS/c17-11-7-6-9-8-12(22)15(16(21)13(9)14(11)18)20-19-10-4-2-1-3-5-10/h1-8,21-22H,17-18H2/b20-19+. The summed E-state index contributed by atoms with van der Waals surface area (Å²) in [5, 5.41) is 19.9. The number of benzene rings is 3. The number of aromatic hydroxyl groups is 1. The number of phenolic OH excluding ortho intramolecular Hbond substituents is 1. The summed E-state index contributed by atoms with van der Waals surface area (Å²) in [6, 6.07) is 14.5. The highest BCUT2D eigenvalue weighted by Gasteiger charge is 2.14. The van der Waals surface area contributed by atoms with Crippen molar-refractivity contribution in [3.8, 4) is 5.75 Å². The van der Waals surface area contributed by atoms with E-state index in [2.05, 4.69) is 22.9 Å². The summed E-state index contributed by atoms with van der Waals surface area (Å²) in [7, 11) is 0. The van der Waals surface area contributed by atoms with Crippen molar-refractivity contribution >= 4 is 46.2 Å². The van der Waals surface area contributed by atoms with Crippen molar-refractivity contribution in [2.24, 2.45) is 10.2 Å². The van der Waals surface area contributed by atoms with Crippen LogP contribution in [0.1, 0.15) is 0 Å². The van der Waals surface area contributed by atoms with Gasteiger partial charge in [0.05, 0.1) is 22.4 Å². The molecule has 0 heterocycles. The Balaban J connectivity index is 2.18. The number of nitrogen functional groups attached to an aromatic ring is 2. The van der Waals surface area contributed by atoms with Gasteiger partial charge in [-0.3, -0.25) is 0 Å². The molecule has 0 saturated heterocycles. The van der Waals surface area contributed by atoms with E-state index in [4.69, 9.17) is 11.5 Å². The van der Waals surface area contributed by atoms with Gasteiger partial charge in [0.25, 0.3) is 0 Å². The monoisotopic (exact) mass is 310 g/mol. The number of thiol groups is 1. The molecule has 0 atom stereocenters. The number of azo groups is 1. The number of fused-ring (bicyclic) bond motifs is 1. The minimum atomic E-state index is -0.0769. The van der Waals surface area contributed by atoms with E-state index in [0.717, 1.165) is 5.39 Å². The molecule has 0 amide bonds. The van der Waals surface area contributed by atoms with E-state index in [9.17, 15) is 5.11 Å². The van der Waals surface area contributed by atoms with Gasteiger partial charge in [0.1, 0.15) is 5.69 Å². The maximum atomic E-state index is 10.5. The van der Waals surface area contributed by atoms with E-state index in [1.165, 1.54) is 0 Å². The minimum Gasteiger partial charge on any atom is -0.505 e. The molecule has 0 bridgehead atoms. The van der Waals surface area contributed by atoms with Gasteiger partial charge >= 0.3 is 0 Å². The van der Waals surface area contributed by atoms with Crippen LogP contribution in [0.25, 0.3) is 10.8 Å². The number of phenols is 1. The molecule has 0 aromatic heterocycles.